The van der Waals surface area contributed by atoms with Gasteiger partial charge in [0.1, 0.15) is 0 Å². The molecule has 0 nitrogen and oxygen atoms in total. The fraction of sp³-hybridized carbons (Fsp3) is 0.800. The Labute approximate surface area is 62.3 Å². The predicted octanol–water partition coefficient (Wildman–Crippen LogP) is 2.75. The van der Waals surface area contributed by atoms with E-state index in [1.165, 1.54) is 25.7 Å². The Morgan fingerprint density at radius 2 is 2.00 bits per heavy atom. The van der Waals surface area contributed by atoms with Crippen LogP contribution in [0.3, 0.4) is 0 Å². The summed E-state index contributed by atoms with van der Waals surface area (Å²) in [5.74, 6) is 3.31. The van der Waals surface area contributed by atoms with Gasteiger partial charge in [-0.1, -0.05) is 24.5 Å². The first-order valence-electron chi connectivity index (χ1n) is 4.67. The summed E-state index contributed by atoms with van der Waals surface area (Å²) in [4.78, 5) is 0. The van der Waals surface area contributed by atoms with E-state index in [-0.39, 0.29) is 0 Å². The maximum atomic E-state index is 2.48. The van der Waals surface area contributed by atoms with Crippen LogP contribution >= 0.6 is 0 Å². The number of hydrogen-bond acceptors (Lipinski definition) is 0. The maximum Gasteiger partial charge on any atom is -0.0132 e. The average molecular weight is 134 g/mol. The van der Waals surface area contributed by atoms with Crippen LogP contribution < -0.4 is 0 Å². The summed E-state index contributed by atoms with van der Waals surface area (Å²) in [7, 11) is 0. The molecule has 54 valence electrons. The molecule has 0 aromatic heterocycles. The molecule has 0 aliphatic heterocycles. The molecule has 3 atom stereocenters. The third-order valence-corrected chi connectivity index (χ3v) is 3.80. The zero-order valence-corrected chi connectivity index (χ0v) is 6.34. The van der Waals surface area contributed by atoms with Gasteiger partial charge in [-0.25, -0.2) is 0 Å². The van der Waals surface area contributed by atoms with E-state index in [0.29, 0.717) is 0 Å². The molecule has 3 rings (SSSR count). The van der Waals surface area contributed by atoms with E-state index in [0.717, 1.165) is 17.8 Å². The minimum atomic E-state index is 1.08. The van der Waals surface area contributed by atoms with Gasteiger partial charge in [0, 0.05) is 0 Å². The van der Waals surface area contributed by atoms with Gasteiger partial charge in [-0.2, -0.15) is 0 Å². The molecule has 0 amide bonds. The van der Waals surface area contributed by atoms with E-state index in [1.54, 1.807) is 6.42 Å². The third-order valence-electron chi connectivity index (χ3n) is 3.80. The summed E-state index contributed by atoms with van der Waals surface area (Å²) in [6.07, 6.45) is 10.0. The van der Waals surface area contributed by atoms with Crippen molar-refractivity contribution in [2.45, 2.75) is 32.1 Å². The Morgan fingerprint density at radius 3 is 2.70 bits per heavy atom. The van der Waals surface area contributed by atoms with E-state index < -0.39 is 0 Å². The Kier molecular flexibility index (Phi) is 0.898. The highest BCUT2D eigenvalue weighted by Gasteiger charge is 2.49. The lowest BCUT2D eigenvalue weighted by Crippen LogP contribution is -2.45. The molecule has 3 aliphatic carbocycles. The molecule has 3 unspecified atom stereocenters. The molecule has 10 heavy (non-hydrogen) atoms. The highest BCUT2D eigenvalue weighted by Crippen LogP contribution is 2.59. The van der Waals surface area contributed by atoms with Crippen LogP contribution in [0.2, 0.25) is 0 Å². The summed E-state index contributed by atoms with van der Waals surface area (Å²) in [5.41, 5.74) is 1.85. The first-order chi connectivity index (χ1) is 4.97. The quantitative estimate of drug-likeness (QED) is 0.447. The largest absolute Gasteiger partial charge is 0.0841 e. The predicted molar refractivity (Wildman–Crippen MR) is 41.6 cm³/mol. The second-order valence-corrected chi connectivity index (χ2v) is 4.10. The van der Waals surface area contributed by atoms with Crippen molar-refractivity contribution in [3.63, 3.8) is 0 Å². The van der Waals surface area contributed by atoms with Gasteiger partial charge in [-0.3, -0.25) is 0 Å². The van der Waals surface area contributed by atoms with Crippen LogP contribution in [0.1, 0.15) is 32.1 Å². The van der Waals surface area contributed by atoms with Crippen LogP contribution in [0.4, 0.5) is 0 Å². The zero-order chi connectivity index (χ0) is 6.55. The summed E-state index contributed by atoms with van der Waals surface area (Å²) in [6, 6.07) is 0. The molecule has 3 aliphatic rings. The van der Waals surface area contributed by atoms with Crippen molar-refractivity contribution in [1.29, 1.82) is 0 Å². The van der Waals surface area contributed by atoms with Gasteiger partial charge in [0.2, 0.25) is 0 Å². The van der Waals surface area contributed by atoms with Gasteiger partial charge in [-0.15, -0.1) is 0 Å². The molecular weight excluding hydrogens is 120 g/mol. The van der Waals surface area contributed by atoms with Crippen molar-refractivity contribution in [1.82, 2.24) is 0 Å². The van der Waals surface area contributed by atoms with Crippen LogP contribution in [0.25, 0.3) is 0 Å². The van der Waals surface area contributed by atoms with Gasteiger partial charge in [0.05, 0.1) is 0 Å². The molecule has 0 N–H and O–H groups in total. The maximum absolute atomic E-state index is 2.48. The van der Waals surface area contributed by atoms with E-state index in [1.807, 2.05) is 5.57 Å². The van der Waals surface area contributed by atoms with E-state index in [9.17, 15) is 0 Å². The first kappa shape index (κ1) is 5.40. The highest BCUT2D eigenvalue weighted by molar-refractivity contribution is 5.32. The summed E-state index contributed by atoms with van der Waals surface area (Å²) in [6.45, 7) is 0. The van der Waals surface area contributed by atoms with Crippen LogP contribution in [0, 0.1) is 17.8 Å². The van der Waals surface area contributed by atoms with Gasteiger partial charge in [0.25, 0.3) is 0 Å². The van der Waals surface area contributed by atoms with Crippen molar-refractivity contribution in [3.05, 3.63) is 11.6 Å². The topological polar surface area (TPSA) is 0 Å². The van der Waals surface area contributed by atoms with Gasteiger partial charge < -0.3 is 0 Å². The van der Waals surface area contributed by atoms with E-state index in [2.05, 4.69) is 6.08 Å². The SMILES string of the molecule is C1=C2C(C1)C1CCCCC21. The summed E-state index contributed by atoms with van der Waals surface area (Å²) >= 11 is 0. The molecule has 0 spiro atoms. The number of hydrogen-bond donors (Lipinski definition) is 0. The van der Waals surface area contributed by atoms with Crippen LogP contribution in [0.5, 0.6) is 0 Å². The molecule has 2 fully saturated rings. The zero-order valence-electron chi connectivity index (χ0n) is 6.34. The van der Waals surface area contributed by atoms with Crippen molar-refractivity contribution >= 4 is 0 Å². The fourth-order valence-corrected chi connectivity index (χ4v) is 3.17. The summed E-state index contributed by atoms with van der Waals surface area (Å²) < 4.78 is 0. The average Bonchev–Trinajstić information content (AvgIpc) is 1.90. The van der Waals surface area contributed by atoms with Crippen molar-refractivity contribution in [2.75, 3.05) is 0 Å². The molecule has 0 heteroatoms. The number of fused-ring (bicyclic) bond motifs is 4. The number of allylic oxidation sites excluding steroid dienone is 2. The minimum Gasteiger partial charge on any atom is -0.0841 e. The standard InChI is InChI=1S/C10H14/c1-2-4-8-7(3-1)9-5-6-10(8)9/h5,7-8,10H,1-4,6H2. The highest BCUT2D eigenvalue weighted by atomic mass is 14.5. The van der Waals surface area contributed by atoms with E-state index >= 15 is 0 Å². The van der Waals surface area contributed by atoms with Crippen LogP contribution in [-0.2, 0) is 0 Å². The molecule has 2 saturated carbocycles. The van der Waals surface area contributed by atoms with Crippen LogP contribution in [-0.4, -0.2) is 0 Å². The first-order valence-corrected chi connectivity index (χ1v) is 4.67. The smallest absolute Gasteiger partial charge is 0.0132 e. The molecule has 0 saturated heterocycles. The molecular formula is C10H14. The second-order valence-electron chi connectivity index (χ2n) is 4.10. The Hall–Kier alpha value is -0.260. The Bertz CT molecular complexity index is 190. The van der Waals surface area contributed by atoms with Gasteiger partial charge in [-0.05, 0) is 37.0 Å². The number of rotatable bonds is 0. The van der Waals surface area contributed by atoms with Crippen molar-refractivity contribution in [2.24, 2.45) is 17.8 Å². The summed E-state index contributed by atoms with van der Waals surface area (Å²) in [5, 5.41) is 0. The minimum absolute atomic E-state index is 1.08. The monoisotopic (exact) mass is 134 g/mol. The lowest BCUT2D eigenvalue weighted by Gasteiger charge is -2.55. The Balaban J connectivity index is 1.86. The Morgan fingerprint density at radius 1 is 1.10 bits per heavy atom. The van der Waals surface area contributed by atoms with E-state index in [4.69, 9.17) is 0 Å². The molecule has 0 heterocycles. The van der Waals surface area contributed by atoms with Crippen LogP contribution in [0.15, 0.2) is 11.6 Å². The lowest BCUT2D eigenvalue weighted by atomic mass is 9.50. The molecule has 0 aromatic carbocycles. The third kappa shape index (κ3) is 0.457. The van der Waals surface area contributed by atoms with Crippen molar-refractivity contribution in [3.8, 4) is 0 Å². The van der Waals surface area contributed by atoms with Crippen molar-refractivity contribution < 1.29 is 0 Å². The fourth-order valence-electron chi connectivity index (χ4n) is 3.17. The second kappa shape index (κ2) is 1.66. The molecule has 0 aromatic rings. The van der Waals surface area contributed by atoms with Gasteiger partial charge in [0.15, 0.2) is 0 Å². The molecule has 0 radical (unpaired) electrons. The molecule has 0 bridgehead atoms. The van der Waals surface area contributed by atoms with Gasteiger partial charge >= 0.3 is 0 Å². The lowest BCUT2D eigenvalue weighted by molar-refractivity contribution is 0.0915. The normalized spacial score (nSPS) is 49.6.